The lowest BCUT2D eigenvalue weighted by atomic mass is 10.1. The summed E-state index contributed by atoms with van der Waals surface area (Å²) in [5, 5.41) is 4.19. The molecule has 0 aliphatic heterocycles. The monoisotopic (exact) mass is 322 g/mol. The van der Waals surface area contributed by atoms with Crippen LogP contribution in [-0.4, -0.2) is 12.1 Å². The average Bonchev–Trinajstić information content (AvgIpc) is 2.61. The molecule has 0 aliphatic carbocycles. The molecule has 0 unspecified atom stereocenters. The van der Waals surface area contributed by atoms with Crippen LogP contribution in [0.1, 0.15) is 5.56 Å². The fourth-order valence-corrected chi connectivity index (χ4v) is 2.43. The topological polar surface area (TPSA) is 63.4 Å². The molecule has 2 N–H and O–H groups in total. The maximum atomic E-state index is 12.2. The van der Waals surface area contributed by atoms with E-state index in [1.54, 1.807) is 7.11 Å². The van der Waals surface area contributed by atoms with Crippen molar-refractivity contribution in [3.8, 4) is 11.5 Å². The molecule has 0 saturated carbocycles. The van der Waals surface area contributed by atoms with Crippen LogP contribution >= 0.6 is 0 Å². The molecule has 0 bridgehead atoms. The molecule has 24 heavy (non-hydrogen) atoms. The van der Waals surface area contributed by atoms with Crippen molar-refractivity contribution in [1.29, 1.82) is 0 Å². The lowest BCUT2D eigenvalue weighted by molar-refractivity contribution is 0.415. The van der Waals surface area contributed by atoms with Crippen LogP contribution in [-0.2, 0) is 6.54 Å². The molecule has 0 saturated heterocycles. The number of ether oxygens (including phenoxy) is 2. The molecule has 1 heterocycles. The van der Waals surface area contributed by atoms with Crippen molar-refractivity contribution in [1.82, 2.24) is 4.98 Å². The van der Waals surface area contributed by atoms with Crippen molar-refractivity contribution in [2.45, 2.75) is 6.54 Å². The van der Waals surface area contributed by atoms with Crippen LogP contribution in [0, 0.1) is 0 Å². The fraction of sp³-hybridized carbons (Fsp3) is 0.105. The van der Waals surface area contributed by atoms with E-state index in [1.807, 2.05) is 48.5 Å². The lowest BCUT2D eigenvalue weighted by Crippen LogP contribution is -2.15. The van der Waals surface area contributed by atoms with Gasteiger partial charge >= 0.3 is 0 Å². The number of rotatable bonds is 6. The summed E-state index contributed by atoms with van der Waals surface area (Å²) < 4.78 is 10.4. The summed E-state index contributed by atoms with van der Waals surface area (Å²) in [6.45, 7) is 3.95. The molecule has 0 fully saturated rings. The summed E-state index contributed by atoms with van der Waals surface area (Å²) in [5.74, 6) is 1.43. The third kappa shape index (κ3) is 3.41. The number of pyridine rings is 1. The third-order valence-corrected chi connectivity index (χ3v) is 3.69. The first-order chi connectivity index (χ1) is 11.7. The van der Waals surface area contributed by atoms with E-state index in [9.17, 15) is 4.79 Å². The van der Waals surface area contributed by atoms with Gasteiger partial charge in [-0.05, 0) is 47.9 Å². The summed E-state index contributed by atoms with van der Waals surface area (Å²) in [6, 6.07) is 14.9. The number of nitrogens with one attached hydrogen (secondary N) is 2. The molecular weight excluding hydrogens is 304 g/mol. The van der Waals surface area contributed by atoms with E-state index in [0.717, 1.165) is 16.6 Å². The molecule has 0 amide bonds. The second-order valence-electron chi connectivity index (χ2n) is 5.24. The molecule has 3 rings (SSSR count). The Morgan fingerprint density at radius 3 is 2.58 bits per heavy atom. The van der Waals surface area contributed by atoms with Crippen LogP contribution in [0.3, 0.4) is 0 Å². The number of anilines is 1. The van der Waals surface area contributed by atoms with E-state index in [0.29, 0.717) is 23.6 Å². The zero-order valence-corrected chi connectivity index (χ0v) is 13.3. The SMILES string of the molecule is C=COc1ccc(NCc2cc3ccc(OC)cc3[nH]c2=O)cc1. The molecule has 5 heteroatoms. The zero-order valence-electron chi connectivity index (χ0n) is 13.3. The van der Waals surface area contributed by atoms with Crippen LogP contribution < -0.4 is 20.3 Å². The molecule has 0 aliphatic rings. The summed E-state index contributed by atoms with van der Waals surface area (Å²) in [7, 11) is 1.60. The van der Waals surface area contributed by atoms with Crippen LogP contribution in [0.25, 0.3) is 10.9 Å². The van der Waals surface area contributed by atoms with Crippen LogP contribution in [0.4, 0.5) is 5.69 Å². The van der Waals surface area contributed by atoms with Crippen molar-refractivity contribution in [2.24, 2.45) is 0 Å². The van der Waals surface area contributed by atoms with E-state index in [-0.39, 0.29) is 5.56 Å². The fourth-order valence-electron chi connectivity index (χ4n) is 2.43. The summed E-state index contributed by atoms with van der Waals surface area (Å²) >= 11 is 0. The minimum Gasteiger partial charge on any atom is -0.497 e. The Bertz CT molecular complexity index is 914. The Kier molecular flexibility index (Phi) is 4.52. The summed E-state index contributed by atoms with van der Waals surface area (Å²) in [4.78, 5) is 15.1. The number of hydrogen-bond acceptors (Lipinski definition) is 4. The minimum absolute atomic E-state index is 0.116. The Labute approximate surface area is 139 Å². The number of methoxy groups -OCH3 is 1. The van der Waals surface area contributed by atoms with Crippen molar-refractivity contribution < 1.29 is 9.47 Å². The standard InChI is InChI=1S/C19H18N2O3/c1-3-24-16-8-5-15(6-9-16)20-12-14-10-13-4-7-17(23-2)11-18(13)21-19(14)22/h3-11,20H,1,12H2,2H3,(H,21,22). The normalized spacial score (nSPS) is 10.4. The van der Waals surface area contributed by atoms with Gasteiger partial charge in [0, 0.05) is 23.9 Å². The number of fused-ring (bicyclic) bond motifs is 1. The van der Waals surface area contributed by atoms with Gasteiger partial charge in [0.05, 0.1) is 18.9 Å². The van der Waals surface area contributed by atoms with Crippen molar-refractivity contribution in [2.75, 3.05) is 12.4 Å². The number of hydrogen-bond donors (Lipinski definition) is 2. The first-order valence-electron chi connectivity index (χ1n) is 7.51. The van der Waals surface area contributed by atoms with Gasteiger partial charge in [-0.1, -0.05) is 6.58 Å². The maximum absolute atomic E-state index is 12.2. The lowest BCUT2D eigenvalue weighted by Gasteiger charge is -2.08. The zero-order chi connectivity index (χ0) is 16.9. The van der Waals surface area contributed by atoms with Gasteiger partial charge in [-0.25, -0.2) is 0 Å². The maximum Gasteiger partial charge on any atom is 0.253 e. The van der Waals surface area contributed by atoms with E-state index in [1.165, 1.54) is 6.26 Å². The molecule has 0 spiro atoms. The minimum atomic E-state index is -0.116. The molecule has 3 aromatic rings. The smallest absolute Gasteiger partial charge is 0.253 e. The molecule has 2 aromatic carbocycles. The first kappa shape index (κ1) is 15.7. The van der Waals surface area contributed by atoms with E-state index < -0.39 is 0 Å². The summed E-state index contributed by atoms with van der Waals surface area (Å²) in [6.07, 6.45) is 1.38. The van der Waals surface area contributed by atoms with E-state index in [4.69, 9.17) is 9.47 Å². The van der Waals surface area contributed by atoms with Crippen LogP contribution in [0.2, 0.25) is 0 Å². The molecule has 1 aromatic heterocycles. The Balaban J connectivity index is 1.78. The van der Waals surface area contributed by atoms with Gasteiger partial charge in [-0.2, -0.15) is 0 Å². The van der Waals surface area contributed by atoms with E-state index in [2.05, 4.69) is 16.9 Å². The van der Waals surface area contributed by atoms with Gasteiger partial charge in [-0.15, -0.1) is 0 Å². The molecule has 0 radical (unpaired) electrons. The quantitative estimate of drug-likeness (QED) is 0.680. The third-order valence-electron chi connectivity index (χ3n) is 3.69. The highest BCUT2D eigenvalue weighted by Crippen LogP contribution is 2.19. The highest BCUT2D eigenvalue weighted by atomic mass is 16.5. The van der Waals surface area contributed by atoms with Gasteiger partial charge in [0.15, 0.2) is 0 Å². The average molecular weight is 322 g/mol. The van der Waals surface area contributed by atoms with Crippen LogP contribution in [0.15, 0.2) is 66.2 Å². The largest absolute Gasteiger partial charge is 0.497 e. The first-order valence-corrected chi connectivity index (χ1v) is 7.51. The molecule has 0 atom stereocenters. The van der Waals surface area contributed by atoms with Gasteiger partial charge in [-0.3, -0.25) is 4.79 Å². The van der Waals surface area contributed by atoms with Crippen molar-refractivity contribution in [3.05, 3.63) is 77.3 Å². The number of aromatic nitrogens is 1. The Morgan fingerprint density at radius 1 is 1.12 bits per heavy atom. The second-order valence-corrected chi connectivity index (χ2v) is 5.24. The van der Waals surface area contributed by atoms with Gasteiger partial charge in [0.1, 0.15) is 11.5 Å². The second kappa shape index (κ2) is 6.91. The van der Waals surface area contributed by atoms with Gasteiger partial charge < -0.3 is 19.8 Å². The Morgan fingerprint density at radius 2 is 1.88 bits per heavy atom. The van der Waals surface area contributed by atoms with Gasteiger partial charge in [0.25, 0.3) is 5.56 Å². The number of benzene rings is 2. The molecule has 122 valence electrons. The van der Waals surface area contributed by atoms with Gasteiger partial charge in [0.2, 0.25) is 0 Å². The predicted octanol–water partition coefficient (Wildman–Crippen LogP) is 3.67. The highest BCUT2D eigenvalue weighted by Gasteiger charge is 2.04. The summed E-state index contributed by atoms with van der Waals surface area (Å²) in [5.41, 5.74) is 2.21. The van der Waals surface area contributed by atoms with Crippen LogP contribution in [0.5, 0.6) is 11.5 Å². The number of H-pyrrole nitrogens is 1. The van der Waals surface area contributed by atoms with Crippen molar-refractivity contribution in [3.63, 3.8) is 0 Å². The molecular formula is C19H18N2O3. The Hall–Kier alpha value is -3.21. The van der Waals surface area contributed by atoms with E-state index >= 15 is 0 Å². The van der Waals surface area contributed by atoms with Crippen molar-refractivity contribution >= 4 is 16.6 Å². The number of aromatic amines is 1. The highest BCUT2D eigenvalue weighted by molar-refractivity contribution is 5.80. The molecule has 5 nitrogen and oxygen atoms in total. The predicted molar refractivity (Wildman–Crippen MR) is 95.7 cm³/mol.